The van der Waals surface area contributed by atoms with Crippen LogP contribution in [-0.2, 0) is 33.8 Å². The number of halogens is 2. The van der Waals surface area contributed by atoms with Crippen LogP contribution >= 0.6 is 11.6 Å². The van der Waals surface area contributed by atoms with E-state index in [9.17, 15) is 14.0 Å². The maximum absolute atomic E-state index is 14.3. The molecular formula is C22H26ClFN4O3. The van der Waals surface area contributed by atoms with E-state index >= 15 is 0 Å². The number of hydrogen-bond acceptors (Lipinski definition) is 5. The predicted octanol–water partition coefficient (Wildman–Crippen LogP) is 2.46. The Labute approximate surface area is 185 Å². The molecule has 0 radical (unpaired) electrons. The zero-order valence-electron chi connectivity index (χ0n) is 17.7. The summed E-state index contributed by atoms with van der Waals surface area (Å²) >= 11 is 5.86. The standard InChI is InChI=1S/C22H26ClFN4O3/c1-13-17-5-6-27(21(29)8-14-7-19(25-10-14)22(30)31-2)12-20(17)28(26-13)11-15-3-4-16(23)9-18(15)24/h3-4,9,14,19,25H,5-8,10-12H2,1-2H3/t14?,19-/m0/s1. The maximum Gasteiger partial charge on any atom is 0.322 e. The first-order valence-corrected chi connectivity index (χ1v) is 10.8. The van der Waals surface area contributed by atoms with Crippen molar-refractivity contribution in [3.8, 4) is 0 Å². The highest BCUT2D eigenvalue weighted by molar-refractivity contribution is 6.30. The van der Waals surface area contributed by atoms with Crippen molar-refractivity contribution < 1.29 is 18.7 Å². The van der Waals surface area contributed by atoms with Gasteiger partial charge in [0, 0.05) is 23.6 Å². The van der Waals surface area contributed by atoms with Crippen molar-refractivity contribution in [1.29, 1.82) is 0 Å². The third kappa shape index (κ3) is 4.60. The molecule has 0 aliphatic carbocycles. The van der Waals surface area contributed by atoms with Crippen LogP contribution in [0.1, 0.15) is 35.4 Å². The Morgan fingerprint density at radius 1 is 1.39 bits per heavy atom. The Morgan fingerprint density at radius 3 is 2.94 bits per heavy atom. The van der Waals surface area contributed by atoms with E-state index in [-0.39, 0.29) is 36.2 Å². The summed E-state index contributed by atoms with van der Waals surface area (Å²) in [6, 6.07) is 4.29. The highest BCUT2D eigenvalue weighted by Crippen LogP contribution is 2.26. The number of ether oxygens (including phenoxy) is 1. The van der Waals surface area contributed by atoms with Crippen molar-refractivity contribution in [3.63, 3.8) is 0 Å². The highest BCUT2D eigenvalue weighted by Gasteiger charge is 2.33. The van der Waals surface area contributed by atoms with E-state index in [0.717, 1.165) is 23.4 Å². The molecule has 1 saturated heterocycles. The minimum absolute atomic E-state index is 0.0612. The van der Waals surface area contributed by atoms with Crippen molar-refractivity contribution in [3.05, 3.63) is 51.6 Å². The molecule has 1 fully saturated rings. The number of hydrogen-bond donors (Lipinski definition) is 1. The molecule has 2 aliphatic heterocycles. The van der Waals surface area contributed by atoms with Gasteiger partial charge in [0.1, 0.15) is 11.9 Å². The summed E-state index contributed by atoms with van der Waals surface area (Å²) in [6.07, 6.45) is 1.71. The van der Waals surface area contributed by atoms with E-state index in [2.05, 4.69) is 10.4 Å². The van der Waals surface area contributed by atoms with E-state index in [1.807, 2.05) is 11.8 Å². The summed E-state index contributed by atoms with van der Waals surface area (Å²) in [7, 11) is 1.37. The summed E-state index contributed by atoms with van der Waals surface area (Å²) in [5, 5.41) is 8.08. The monoisotopic (exact) mass is 448 g/mol. The number of aromatic nitrogens is 2. The third-order valence-electron chi connectivity index (χ3n) is 6.20. The Bertz CT molecular complexity index is 1010. The van der Waals surface area contributed by atoms with Gasteiger partial charge in [0.15, 0.2) is 0 Å². The van der Waals surface area contributed by atoms with Gasteiger partial charge >= 0.3 is 5.97 Å². The molecule has 2 atom stereocenters. The summed E-state index contributed by atoms with van der Waals surface area (Å²) in [4.78, 5) is 26.5. The minimum Gasteiger partial charge on any atom is -0.468 e. The number of rotatable bonds is 5. The number of aryl methyl sites for hydroxylation is 1. The number of fused-ring (bicyclic) bond motifs is 1. The van der Waals surface area contributed by atoms with Crippen LogP contribution in [0.25, 0.3) is 0 Å². The Morgan fingerprint density at radius 2 is 2.19 bits per heavy atom. The largest absolute Gasteiger partial charge is 0.468 e. The van der Waals surface area contributed by atoms with E-state index in [1.54, 1.807) is 16.8 Å². The van der Waals surface area contributed by atoms with Crippen LogP contribution in [0.3, 0.4) is 0 Å². The Kier molecular flexibility index (Phi) is 6.29. The second-order valence-corrected chi connectivity index (χ2v) is 8.70. The summed E-state index contributed by atoms with van der Waals surface area (Å²) in [5.41, 5.74) is 3.50. The Balaban J connectivity index is 1.44. The molecule has 1 aromatic carbocycles. The van der Waals surface area contributed by atoms with Crippen LogP contribution < -0.4 is 5.32 Å². The number of nitrogens with one attached hydrogen (secondary N) is 1. The number of benzene rings is 1. The van der Waals surface area contributed by atoms with Crippen molar-refractivity contribution in [1.82, 2.24) is 20.0 Å². The molecular weight excluding hydrogens is 423 g/mol. The molecule has 31 heavy (non-hydrogen) atoms. The van der Waals surface area contributed by atoms with Gasteiger partial charge in [0.25, 0.3) is 0 Å². The lowest BCUT2D eigenvalue weighted by molar-refractivity contribution is -0.143. The van der Waals surface area contributed by atoms with Gasteiger partial charge in [-0.1, -0.05) is 17.7 Å². The van der Waals surface area contributed by atoms with Crippen molar-refractivity contribution in [2.45, 2.75) is 45.3 Å². The third-order valence-corrected chi connectivity index (χ3v) is 6.43. The SMILES string of the molecule is COC(=O)[C@@H]1CC(CC(=O)N2CCc3c(C)nn(Cc4ccc(Cl)cc4F)c3C2)CN1. The van der Waals surface area contributed by atoms with Crippen molar-refractivity contribution in [2.24, 2.45) is 5.92 Å². The number of nitrogens with zero attached hydrogens (tertiary/aromatic N) is 3. The zero-order valence-corrected chi connectivity index (χ0v) is 18.4. The first kappa shape index (κ1) is 21.8. The molecule has 7 nitrogen and oxygen atoms in total. The molecule has 9 heteroatoms. The van der Waals surface area contributed by atoms with Gasteiger partial charge < -0.3 is 15.0 Å². The van der Waals surface area contributed by atoms with Gasteiger partial charge in [0.05, 0.1) is 31.6 Å². The van der Waals surface area contributed by atoms with Crippen LogP contribution in [0.2, 0.25) is 5.02 Å². The molecule has 3 heterocycles. The van der Waals surface area contributed by atoms with Crippen molar-refractivity contribution >= 4 is 23.5 Å². The lowest BCUT2D eigenvalue weighted by atomic mass is 9.99. The topological polar surface area (TPSA) is 76.5 Å². The number of esters is 1. The second-order valence-electron chi connectivity index (χ2n) is 8.26. The fourth-order valence-corrected chi connectivity index (χ4v) is 4.65. The molecule has 1 amide bonds. The van der Waals surface area contributed by atoms with Gasteiger partial charge in [0.2, 0.25) is 5.91 Å². The molecule has 4 rings (SSSR count). The molecule has 166 valence electrons. The van der Waals surface area contributed by atoms with Crippen LogP contribution in [0, 0.1) is 18.7 Å². The molecule has 2 aromatic rings. The quantitative estimate of drug-likeness (QED) is 0.711. The number of carbonyl (C=O) groups is 2. The van der Waals surface area contributed by atoms with Crippen LogP contribution in [-0.4, -0.2) is 52.8 Å². The van der Waals surface area contributed by atoms with Gasteiger partial charge in [-0.25, -0.2) is 4.39 Å². The molecule has 1 unspecified atom stereocenters. The normalized spacial score (nSPS) is 20.6. The fourth-order valence-electron chi connectivity index (χ4n) is 4.49. The minimum atomic E-state index is -0.368. The number of carbonyl (C=O) groups excluding carboxylic acids is 2. The van der Waals surface area contributed by atoms with Gasteiger partial charge in [-0.3, -0.25) is 14.3 Å². The molecule has 1 aromatic heterocycles. The molecule has 0 saturated carbocycles. The maximum atomic E-state index is 14.3. The van der Waals surface area contributed by atoms with Crippen LogP contribution in [0.5, 0.6) is 0 Å². The van der Waals surface area contributed by atoms with E-state index < -0.39 is 0 Å². The van der Waals surface area contributed by atoms with Gasteiger partial charge in [-0.2, -0.15) is 5.10 Å². The lowest BCUT2D eigenvalue weighted by Crippen LogP contribution is -2.37. The summed E-state index contributed by atoms with van der Waals surface area (Å²) in [5.74, 6) is -0.489. The first-order chi connectivity index (χ1) is 14.9. The van der Waals surface area contributed by atoms with Crippen molar-refractivity contribution in [2.75, 3.05) is 20.2 Å². The van der Waals surface area contributed by atoms with E-state index in [1.165, 1.54) is 13.2 Å². The van der Waals surface area contributed by atoms with E-state index in [4.69, 9.17) is 16.3 Å². The average Bonchev–Trinajstić information content (AvgIpc) is 3.34. The first-order valence-electron chi connectivity index (χ1n) is 10.4. The molecule has 0 bridgehead atoms. The second kappa shape index (κ2) is 8.96. The smallest absolute Gasteiger partial charge is 0.322 e. The van der Waals surface area contributed by atoms with E-state index in [0.29, 0.717) is 43.1 Å². The van der Waals surface area contributed by atoms with Crippen LogP contribution in [0.4, 0.5) is 4.39 Å². The fraction of sp³-hybridized carbons (Fsp3) is 0.500. The number of methoxy groups -OCH3 is 1. The Hall–Kier alpha value is -2.45. The average molecular weight is 449 g/mol. The molecule has 0 spiro atoms. The van der Waals surface area contributed by atoms with Gasteiger partial charge in [-0.05, 0) is 49.9 Å². The number of amides is 1. The predicted molar refractivity (Wildman–Crippen MR) is 113 cm³/mol. The zero-order chi connectivity index (χ0) is 22.1. The molecule has 1 N–H and O–H groups in total. The molecule has 2 aliphatic rings. The highest BCUT2D eigenvalue weighted by atomic mass is 35.5. The summed E-state index contributed by atoms with van der Waals surface area (Å²) in [6.45, 7) is 3.94. The summed E-state index contributed by atoms with van der Waals surface area (Å²) < 4.78 is 20.9. The van der Waals surface area contributed by atoms with Crippen LogP contribution in [0.15, 0.2) is 18.2 Å². The lowest BCUT2D eigenvalue weighted by Gasteiger charge is -2.29. The van der Waals surface area contributed by atoms with Gasteiger partial charge in [-0.15, -0.1) is 0 Å².